The third-order valence-corrected chi connectivity index (χ3v) is 4.11. The first-order valence-electron chi connectivity index (χ1n) is 7.75. The number of amides is 1. The van der Waals surface area contributed by atoms with Crippen LogP contribution in [0.15, 0.2) is 46.4 Å². The van der Waals surface area contributed by atoms with Crippen molar-refractivity contribution in [3.63, 3.8) is 0 Å². The molecule has 7 heteroatoms. The summed E-state index contributed by atoms with van der Waals surface area (Å²) in [6.07, 6.45) is 2.47. The van der Waals surface area contributed by atoms with Crippen molar-refractivity contribution in [3.05, 3.63) is 63.6 Å². The van der Waals surface area contributed by atoms with E-state index in [1.807, 2.05) is 12.1 Å². The highest BCUT2D eigenvalue weighted by Gasteiger charge is 2.36. The Morgan fingerprint density at radius 2 is 2.04 bits per heavy atom. The van der Waals surface area contributed by atoms with E-state index in [9.17, 15) is 20.2 Å². The molecule has 1 fully saturated rings. The average molecular weight is 337 g/mol. The number of furan rings is 1. The molecule has 1 aromatic heterocycles. The first kappa shape index (κ1) is 16.5. The van der Waals surface area contributed by atoms with Crippen LogP contribution in [0.2, 0.25) is 0 Å². The number of hydrogen-bond acceptors (Lipinski definition) is 5. The van der Waals surface area contributed by atoms with Crippen molar-refractivity contribution in [2.45, 2.75) is 19.3 Å². The van der Waals surface area contributed by atoms with Crippen molar-refractivity contribution in [3.8, 4) is 6.07 Å². The van der Waals surface area contributed by atoms with Gasteiger partial charge in [0.25, 0.3) is 11.6 Å². The molecule has 0 aliphatic heterocycles. The highest BCUT2D eigenvalue weighted by Crippen LogP contribution is 2.47. The molecule has 7 nitrogen and oxygen atoms in total. The van der Waals surface area contributed by atoms with Crippen molar-refractivity contribution in [1.29, 1.82) is 5.26 Å². The molecule has 0 spiro atoms. The fraction of sp³-hybridized carbons (Fsp3) is 0.222. The minimum absolute atomic E-state index is 0.0773. The zero-order valence-electron chi connectivity index (χ0n) is 13.4. The Bertz CT molecular complexity index is 890. The molecule has 0 saturated heterocycles. The number of anilines is 1. The Labute approximate surface area is 143 Å². The Balaban J connectivity index is 1.71. The lowest BCUT2D eigenvalue weighted by molar-refractivity contribution is -0.384. The molecule has 0 bridgehead atoms. The largest absolute Gasteiger partial charge is 0.461 e. The minimum atomic E-state index is -0.603. The van der Waals surface area contributed by atoms with Crippen LogP contribution < -0.4 is 5.32 Å². The van der Waals surface area contributed by atoms with Gasteiger partial charge in [-0.1, -0.05) is 6.92 Å². The molecular formula is C18H15N3O4. The Kier molecular flexibility index (Phi) is 4.35. The summed E-state index contributed by atoms with van der Waals surface area (Å²) in [5.74, 6) is 1.73. The first-order valence-corrected chi connectivity index (χ1v) is 7.75. The van der Waals surface area contributed by atoms with Crippen molar-refractivity contribution in [1.82, 2.24) is 0 Å². The van der Waals surface area contributed by atoms with Gasteiger partial charge in [0.1, 0.15) is 23.2 Å². The van der Waals surface area contributed by atoms with Crippen LogP contribution in [0.5, 0.6) is 0 Å². The number of nitrogens with zero attached hydrogens (tertiary/aromatic N) is 2. The number of nitrogens with one attached hydrogen (secondary N) is 1. The van der Waals surface area contributed by atoms with Crippen LogP contribution in [0, 0.1) is 27.4 Å². The number of nitriles is 1. The van der Waals surface area contributed by atoms with Crippen LogP contribution in [-0.4, -0.2) is 10.8 Å². The number of benzene rings is 1. The minimum Gasteiger partial charge on any atom is -0.461 e. The van der Waals surface area contributed by atoms with E-state index >= 15 is 0 Å². The molecule has 1 aliphatic carbocycles. The van der Waals surface area contributed by atoms with Crippen LogP contribution in [0.25, 0.3) is 6.08 Å². The highest BCUT2D eigenvalue weighted by molar-refractivity contribution is 6.09. The van der Waals surface area contributed by atoms with Crippen molar-refractivity contribution in [2.75, 3.05) is 5.32 Å². The third kappa shape index (κ3) is 3.75. The van der Waals surface area contributed by atoms with Gasteiger partial charge < -0.3 is 9.73 Å². The molecule has 25 heavy (non-hydrogen) atoms. The Hall–Kier alpha value is -3.40. The van der Waals surface area contributed by atoms with E-state index in [4.69, 9.17) is 4.42 Å². The molecule has 2 aromatic rings. The van der Waals surface area contributed by atoms with Gasteiger partial charge in [0.05, 0.1) is 4.92 Å². The lowest BCUT2D eigenvalue weighted by Crippen LogP contribution is -2.13. The molecule has 1 N–H and O–H groups in total. The van der Waals surface area contributed by atoms with Gasteiger partial charge in [-0.25, -0.2) is 0 Å². The fourth-order valence-electron chi connectivity index (χ4n) is 2.52. The molecule has 126 valence electrons. The lowest BCUT2D eigenvalue weighted by Gasteiger charge is -2.03. The quantitative estimate of drug-likeness (QED) is 0.385. The van der Waals surface area contributed by atoms with Gasteiger partial charge in [-0.05, 0) is 36.6 Å². The van der Waals surface area contributed by atoms with Gasteiger partial charge in [0.15, 0.2) is 0 Å². The summed E-state index contributed by atoms with van der Waals surface area (Å²) in [4.78, 5) is 22.3. The Morgan fingerprint density at radius 3 is 2.60 bits per heavy atom. The van der Waals surface area contributed by atoms with Gasteiger partial charge >= 0.3 is 0 Å². The smallest absolute Gasteiger partial charge is 0.269 e. The summed E-state index contributed by atoms with van der Waals surface area (Å²) >= 11 is 0. The van der Waals surface area contributed by atoms with Gasteiger partial charge in [-0.15, -0.1) is 0 Å². The van der Waals surface area contributed by atoms with Crippen LogP contribution in [0.4, 0.5) is 11.4 Å². The second kappa shape index (κ2) is 6.61. The number of carbonyl (C=O) groups is 1. The summed E-state index contributed by atoms with van der Waals surface area (Å²) in [5, 5.41) is 22.4. The predicted molar refractivity (Wildman–Crippen MR) is 90.5 cm³/mol. The van der Waals surface area contributed by atoms with Crippen molar-refractivity contribution in [2.24, 2.45) is 5.92 Å². The summed E-state index contributed by atoms with van der Waals surface area (Å²) in [6.45, 7) is 2.14. The standard InChI is InChI=1S/C18H15N3O4/c1-11-8-16(11)17-7-6-15(25-17)9-12(10-19)18(22)20-13-2-4-14(5-3-13)21(23)24/h2-7,9,11,16H,8H2,1H3,(H,20,22)/b12-9+/t11-,16-/m1/s1. The summed E-state index contributed by atoms with van der Waals surface area (Å²) in [6, 6.07) is 10.8. The molecule has 0 unspecified atom stereocenters. The van der Waals surface area contributed by atoms with E-state index < -0.39 is 10.8 Å². The van der Waals surface area contributed by atoms with E-state index in [1.54, 1.807) is 6.07 Å². The SMILES string of the molecule is C[C@@H]1C[C@H]1c1ccc(/C=C(\C#N)C(=O)Nc2ccc([N+](=O)[O-])cc2)o1. The van der Waals surface area contributed by atoms with Crippen LogP contribution in [0.1, 0.15) is 30.8 Å². The normalized spacial score (nSPS) is 19.1. The Morgan fingerprint density at radius 1 is 1.36 bits per heavy atom. The molecule has 1 aliphatic rings. The van der Waals surface area contributed by atoms with Gasteiger partial charge in [0.2, 0.25) is 0 Å². The third-order valence-electron chi connectivity index (χ3n) is 4.11. The van der Waals surface area contributed by atoms with Crippen LogP contribution >= 0.6 is 0 Å². The average Bonchev–Trinajstić information content (AvgIpc) is 3.14. The number of non-ortho nitro benzene ring substituents is 1. The first-order chi connectivity index (χ1) is 12.0. The topological polar surface area (TPSA) is 109 Å². The van der Waals surface area contributed by atoms with Gasteiger partial charge in [-0.2, -0.15) is 5.26 Å². The van der Waals surface area contributed by atoms with Gasteiger partial charge in [-0.3, -0.25) is 14.9 Å². The number of carbonyl (C=O) groups excluding carboxylic acids is 1. The number of rotatable bonds is 5. The fourth-order valence-corrected chi connectivity index (χ4v) is 2.52. The summed E-state index contributed by atoms with van der Waals surface area (Å²) < 4.78 is 5.67. The van der Waals surface area contributed by atoms with E-state index in [1.165, 1.54) is 30.3 Å². The number of nitro benzene ring substituents is 1. The maximum atomic E-state index is 12.2. The second-order valence-electron chi connectivity index (χ2n) is 5.99. The van der Waals surface area contributed by atoms with Crippen molar-refractivity contribution >= 4 is 23.4 Å². The van der Waals surface area contributed by atoms with Gasteiger partial charge in [0, 0.05) is 29.8 Å². The van der Waals surface area contributed by atoms with Crippen LogP contribution in [-0.2, 0) is 4.79 Å². The maximum absolute atomic E-state index is 12.2. The highest BCUT2D eigenvalue weighted by atomic mass is 16.6. The monoisotopic (exact) mass is 337 g/mol. The summed E-state index contributed by atoms with van der Waals surface area (Å²) in [7, 11) is 0. The molecule has 3 rings (SSSR count). The predicted octanol–water partition coefficient (Wildman–Crippen LogP) is 3.86. The molecule has 1 amide bonds. The molecule has 1 saturated carbocycles. The van der Waals surface area contributed by atoms with E-state index in [2.05, 4.69) is 12.2 Å². The molecule has 0 radical (unpaired) electrons. The molecular weight excluding hydrogens is 322 g/mol. The van der Waals surface area contributed by atoms with Crippen LogP contribution in [0.3, 0.4) is 0 Å². The molecule has 1 aromatic carbocycles. The molecule has 1 heterocycles. The number of hydrogen-bond donors (Lipinski definition) is 1. The van der Waals surface area contributed by atoms with E-state index in [0.29, 0.717) is 23.3 Å². The number of nitro groups is 1. The van der Waals surface area contributed by atoms with Crippen molar-refractivity contribution < 1.29 is 14.1 Å². The maximum Gasteiger partial charge on any atom is 0.269 e. The van der Waals surface area contributed by atoms with E-state index in [0.717, 1.165) is 12.2 Å². The zero-order chi connectivity index (χ0) is 18.0. The summed E-state index contributed by atoms with van der Waals surface area (Å²) in [5.41, 5.74) is 0.179. The van der Waals surface area contributed by atoms with E-state index in [-0.39, 0.29) is 11.3 Å². The zero-order valence-corrected chi connectivity index (χ0v) is 13.4. The molecule has 2 atom stereocenters. The lowest BCUT2D eigenvalue weighted by atomic mass is 10.2. The second-order valence-corrected chi connectivity index (χ2v) is 5.99.